The lowest BCUT2D eigenvalue weighted by molar-refractivity contribution is -0.138. The summed E-state index contributed by atoms with van der Waals surface area (Å²) in [5, 5.41) is 0. The zero-order valence-electron chi connectivity index (χ0n) is 8.91. The summed E-state index contributed by atoms with van der Waals surface area (Å²) in [5.74, 6) is 0.120. The van der Waals surface area contributed by atoms with E-state index in [1.54, 1.807) is 11.8 Å². The van der Waals surface area contributed by atoms with E-state index in [0.717, 1.165) is 12.8 Å². The fraction of sp³-hybridized carbons (Fsp3) is 0.900. The van der Waals surface area contributed by atoms with E-state index in [2.05, 4.69) is 6.92 Å². The molecule has 0 N–H and O–H groups in total. The van der Waals surface area contributed by atoms with Crippen LogP contribution in [0.4, 0.5) is 0 Å². The molecule has 1 rings (SSSR count). The molecule has 0 aromatic rings. The van der Waals surface area contributed by atoms with Crippen LogP contribution in [-0.4, -0.2) is 36.1 Å². The van der Waals surface area contributed by atoms with Gasteiger partial charge in [-0.2, -0.15) is 0 Å². The van der Waals surface area contributed by atoms with Gasteiger partial charge in [0.2, 0.25) is 5.91 Å². The van der Waals surface area contributed by atoms with Crippen molar-refractivity contribution in [1.29, 1.82) is 0 Å². The first-order valence-corrected chi connectivity index (χ1v) is 4.91. The van der Waals surface area contributed by atoms with E-state index in [0.29, 0.717) is 6.10 Å². The predicted octanol–water partition coefficient (Wildman–Crippen LogP) is 1.42. The molecule has 3 nitrogen and oxygen atoms in total. The van der Waals surface area contributed by atoms with E-state index in [-0.39, 0.29) is 18.1 Å². The number of ether oxygens (including phenoxy) is 1. The van der Waals surface area contributed by atoms with Crippen molar-refractivity contribution in [3.05, 3.63) is 0 Å². The Balaban J connectivity index is 2.55. The number of likely N-dealkylation sites (N-methyl/N-ethyl adjacent to an activating group) is 1. The SMILES string of the molecule is CC(=O)N(C)C1CC[C@H](C)O[C@@H]1C. The number of hydrogen-bond donors (Lipinski definition) is 0. The quantitative estimate of drug-likeness (QED) is 0.618. The van der Waals surface area contributed by atoms with Crippen LogP contribution in [0.15, 0.2) is 0 Å². The van der Waals surface area contributed by atoms with Crippen LogP contribution in [0.25, 0.3) is 0 Å². The van der Waals surface area contributed by atoms with Gasteiger partial charge in [0.05, 0.1) is 18.2 Å². The fourth-order valence-corrected chi connectivity index (χ4v) is 1.91. The molecule has 0 aliphatic carbocycles. The summed E-state index contributed by atoms with van der Waals surface area (Å²) >= 11 is 0. The third-order valence-electron chi connectivity index (χ3n) is 2.85. The van der Waals surface area contributed by atoms with Crippen molar-refractivity contribution in [3.8, 4) is 0 Å². The zero-order chi connectivity index (χ0) is 10.0. The molecule has 1 heterocycles. The monoisotopic (exact) mass is 185 g/mol. The molecule has 3 heteroatoms. The predicted molar refractivity (Wildman–Crippen MR) is 51.5 cm³/mol. The highest BCUT2D eigenvalue weighted by molar-refractivity contribution is 5.73. The van der Waals surface area contributed by atoms with Crippen LogP contribution in [0.3, 0.4) is 0 Å². The maximum atomic E-state index is 11.1. The summed E-state index contributed by atoms with van der Waals surface area (Å²) in [6.07, 6.45) is 2.61. The van der Waals surface area contributed by atoms with Gasteiger partial charge in [0, 0.05) is 14.0 Å². The summed E-state index contributed by atoms with van der Waals surface area (Å²) in [7, 11) is 1.85. The molecular weight excluding hydrogens is 166 g/mol. The second-order valence-corrected chi connectivity index (χ2v) is 3.93. The smallest absolute Gasteiger partial charge is 0.219 e. The van der Waals surface area contributed by atoms with Crippen LogP contribution in [-0.2, 0) is 9.53 Å². The topological polar surface area (TPSA) is 29.5 Å². The van der Waals surface area contributed by atoms with Crippen molar-refractivity contribution in [2.24, 2.45) is 0 Å². The first kappa shape index (κ1) is 10.5. The Morgan fingerprint density at radius 2 is 2.00 bits per heavy atom. The molecule has 1 aliphatic heterocycles. The fourth-order valence-electron chi connectivity index (χ4n) is 1.91. The standard InChI is InChI=1S/C10H19NO2/c1-7-5-6-10(8(2)13-7)11(4)9(3)12/h7-8,10H,5-6H2,1-4H3/t7-,8+,10?/m0/s1. The summed E-state index contributed by atoms with van der Waals surface area (Å²) in [6.45, 7) is 5.73. The van der Waals surface area contributed by atoms with E-state index < -0.39 is 0 Å². The van der Waals surface area contributed by atoms with Crippen molar-refractivity contribution in [2.45, 2.75) is 51.9 Å². The zero-order valence-corrected chi connectivity index (χ0v) is 8.91. The molecule has 0 bridgehead atoms. The Labute approximate surface area is 80.1 Å². The molecule has 1 unspecified atom stereocenters. The van der Waals surface area contributed by atoms with Gasteiger partial charge in [0.1, 0.15) is 0 Å². The van der Waals surface area contributed by atoms with Gasteiger partial charge in [-0.1, -0.05) is 0 Å². The highest BCUT2D eigenvalue weighted by Gasteiger charge is 2.29. The van der Waals surface area contributed by atoms with Gasteiger partial charge in [-0.3, -0.25) is 4.79 Å². The van der Waals surface area contributed by atoms with Gasteiger partial charge in [-0.05, 0) is 26.7 Å². The third-order valence-corrected chi connectivity index (χ3v) is 2.85. The first-order valence-electron chi connectivity index (χ1n) is 4.91. The summed E-state index contributed by atoms with van der Waals surface area (Å²) in [5.41, 5.74) is 0. The van der Waals surface area contributed by atoms with E-state index in [1.165, 1.54) is 0 Å². The lowest BCUT2D eigenvalue weighted by atomic mass is 9.99. The second kappa shape index (κ2) is 4.09. The number of hydrogen-bond acceptors (Lipinski definition) is 2. The summed E-state index contributed by atoms with van der Waals surface area (Å²) < 4.78 is 5.68. The van der Waals surface area contributed by atoms with Gasteiger partial charge in [0.15, 0.2) is 0 Å². The van der Waals surface area contributed by atoms with Crippen molar-refractivity contribution < 1.29 is 9.53 Å². The molecule has 76 valence electrons. The van der Waals surface area contributed by atoms with Crippen molar-refractivity contribution >= 4 is 5.91 Å². The normalized spacial score (nSPS) is 34.3. The molecule has 0 saturated carbocycles. The Kier molecular flexibility index (Phi) is 3.31. The highest BCUT2D eigenvalue weighted by Crippen LogP contribution is 2.22. The number of rotatable bonds is 1. The number of amides is 1. The molecule has 1 aliphatic rings. The van der Waals surface area contributed by atoms with Gasteiger partial charge in [-0.25, -0.2) is 0 Å². The van der Waals surface area contributed by atoms with Crippen LogP contribution in [0.5, 0.6) is 0 Å². The largest absolute Gasteiger partial charge is 0.373 e. The van der Waals surface area contributed by atoms with E-state index in [4.69, 9.17) is 4.74 Å². The lowest BCUT2D eigenvalue weighted by Crippen LogP contribution is -2.47. The van der Waals surface area contributed by atoms with Crippen LogP contribution in [0.1, 0.15) is 33.6 Å². The molecule has 1 saturated heterocycles. The van der Waals surface area contributed by atoms with E-state index >= 15 is 0 Å². The van der Waals surface area contributed by atoms with Crippen molar-refractivity contribution in [1.82, 2.24) is 4.90 Å². The second-order valence-electron chi connectivity index (χ2n) is 3.93. The molecule has 0 aromatic carbocycles. The molecule has 0 aromatic heterocycles. The van der Waals surface area contributed by atoms with E-state index in [9.17, 15) is 4.79 Å². The highest BCUT2D eigenvalue weighted by atomic mass is 16.5. The minimum Gasteiger partial charge on any atom is -0.373 e. The average Bonchev–Trinajstić information content (AvgIpc) is 2.03. The Morgan fingerprint density at radius 1 is 1.38 bits per heavy atom. The summed E-state index contributed by atoms with van der Waals surface area (Å²) in [6, 6.07) is 0.258. The summed E-state index contributed by atoms with van der Waals surface area (Å²) in [4.78, 5) is 12.9. The minimum absolute atomic E-state index is 0.120. The van der Waals surface area contributed by atoms with Gasteiger partial charge >= 0.3 is 0 Å². The third kappa shape index (κ3) is 2.44. The van der Waals surface area contributed by atoms with Crippen LogP contribution < -0.4 is 0 Å². The average molecular weight is 185 g/mol. The molecule has 0 spiro atoms. The number of carbonyl (C=O) groups is 1. The molecule has 1 amide bonds. The Morgan fingerprint density at radius 3 is 2.46 bits per heavy atom. The maximum Gasteiger partial charge on any atom is 0.219 e. The Bertz CT molecular complexity index is 193. The van der Waals surface area contributed by atoms with E-state index in [1.807, 2.05) is 14.0 Å². The molecule has 0 radical (unpaired) electrons. The number of nitrogens with zero attached hydrogens (tertiary/aromatic N) is 1. The van der Waals surface area contributed by atoms with Crippen LogP contribution >= 0.6 is 0 Å². The van der Waals surface area contributed by atoms with Crippen LogP contribution in [0, 0.1) is 0 Å². The molecule has 13 heavy (non-hydrogen) atoms. The molecule has 1 fully saturated rings. The first-order chi connectivity index (χ1) is 6.02. The molecular formula is C10H19NO2. The van der Waals surface area contributed by atoms with Gasteiger partial charge < -0.3 is 9.64 Å². The lowest BCUT2D eigenvalue weighted by Gasteiger charge is -2.38. The Hall–Kier alpha value is -0.570. The molecule has 3 atom stereocenters. The number of carbonyl (C=O) groups excluding carboxylic acids is 1. The van der Waals surface area contributed by atoms with Crippen molar-refractivity contribution in [3.63, 3.8) is 0 Å². The van der Waals surface area contributed by atoms with Gasteiger partial charge in [-0.15, -0.1) is 0 Å². The van der Waals surface area contributed by atoms with Crippen molar-refractivity contribution in [2.75, 3.05) is 7.05 Å². The minimum atomic E-state index is 0.120. The van der Waals surface area contributed by atoms with Crippen LogP contribution in [0.2, 0.25) is 0 Å². The maximum absolute atomic E-state index is 11.1. The van der Waals surface area contributed by atoms with Gasteiger partial charge in [0.25, 0.3) is 0 Å².